The SMILES string of the molecule is CNCCCNCC(C)(C)c1cc(Br)ccc1OC. The van der Waals surface area contributed by atoms with Crippen LogP contribution in [0, 0.1) is 0 Å². The van der Waals surface area contributed by atoms with E-state index in [0.717, 1.165) is 36.3 Å². The van der Waals surface area contributed by atoms with Gasteiger partial charge in [0.15, 0.2) is 0 Å². The molecule has 108 valence electrons. The maximum Gasteiger partial charge on any atom is 0.122 e. The summed E-state index contributed by atoms with van der Waals surface area (Å²) in [6.07, 6.45) is 1.14. The van der Waals surface area contributed by atoms with Gasteiger partial charge >= 0.3 is 0 Å². The Balaban J connectivity index is 2.67. The molecule has 0 aliphatic rings. The molecule has 0 radical (unpaired) electrons. The fraction of sp³-hybridized carbons (Fsp3) is 0.600. The van der Waals surface area contributed by atoms with Gasteiger partial charge in [-0.15, -0.1) is 0 Å². The fourth-order valence-corrected chi connectivity index (χ4v) is 2.46. The van der Waals surface area contributed by atoms with E-state index in [0.29, 0.717) is 0 Å². The Morgan fingerprint density at radius 1 is 1.26 bits per heavy atom. The molecule has 0 atom stereocenters. The highest BCUT2D eigenvalue weighted by atomic mass is 79.9. The molecular weight excluding hydrogens is 304 g/mol. The van der Waals surface area contributed by atoms with Gasteiger partial charge in [-0.2, -0.15) is 0 Å². The van der Waals surface area contributed by atoms with Crippen LogP contribution in [0.4, 0.5) is 0 Å². The predicted molar refractivity (Wildman–Crippen MR) is 85.1 cm³/mol. The van der Waals surface area contributed by atoms with Crippen LogP contribution in [0.25, 0.3) is 0 Å². The summed E-state index contributed by atoms with van der Waals surface area (Å²) in [7, 11) is 3.71. The van der Waals surface area contributed by atoms with Crippen LogP contribution >= 0.6 is 15.9 Å². The predicted octanol–water partition coefficient (Wildman–Crippen LogP) is 2.93. The van der Waals surface area contributed by atoms with Crippen molar-refractivity contribution in [2.24, 2.45) is 0 Å². The highest BCUT2D eigenvalue weighted by molar-refractivity contribution is 9.10. The van der Waals surface area contributed by atoms with Gasteiger partial charge in [-0.25, -0.2) is 0 Å². The van der Waals surface area contributed by atoms with Crippen molar-refractivity contribution in [3.8, 4) is 5.75 Å². The lowest BCUT2D eigenvalue weighted by Crippen LogP contribution is -2.34. The molecule has 4 heteroatoms. The Kier molecular flexibility index (Phi) is 6.83. The van der Waals surface area contributed by atoms with E-state index in [4.69, 9.17) is 4.74 Å². The van der Waals surface area contributed by atoms with Gasteiger partial charge < -0.3 is 15.4 Å². The van der Waals surface area contributed by atoms with Crippen LogP contribution in [-0.4, -0.2) is 33.8 Å². The van der Waals surface area contributed by atoms with Gasteiger partial charge in [0.05, 0.1) is 7.11 Å². The van der Waals surface area contributed by atoms with Crippen LogP contribution < -0.4 is 15.4 Å². The third-order valence-corrected chi connectivity index (χ3v) is 3.73. The summed E-state index contributed by atoms with van der Waals surface area (Å²) >= 11 is 3.54. The topological polar surface area (TPSA) is 33.3 Å². The number of ether oxygens (including phenoxy) is 1. The molecule has 0 saturated carbocycles. The van der Waals surface area contributed by atoms with Crippen molar-refractivity contribution in [2.75, 3.05) is 33.8 Å². The van der Waals surface area contributed by atoms with E-state index in [9.17, 15) is 0 Å². The van der Waals surface area contributed by atoms with Gasteiger partial charge in [-0.3, -0.25) is 0 Å². The molecule has 1 rings (SSSR count). The molecule has 3 nitrogen and oxygen atoms in total. The third kappa shape index (κ3) is 5.13. The Morgan fingerprint density at radius 2 is 2.00 bits per heavy atom. The van der Waals surface area contributed by atoms with Gasteiger partial charge in [0.25, 0.3) is 0 Å². The average Bonchev–Trinajstić information content (AvgIpc) is 2.38. The van der Waals surface area contributed by atoms with Crippen molar-refractivity contribution >= 4 is 15.9 Å². The largest absolute Gasteiger partial charge is 0.496 e. The van der Waals surface area contributed by atoms with E-state index in [2.05, 4.69) is 46.5 Å². The molecule has 2 N–H and O–H groups in total. The zero-order valence-electron chi connectivity index (χ0n) is 12.3. The van der Waals surface area contributed by atoms with Crippen LogP contribution in [-0.2, 0) is 5.41 Å². The number of hydrogen-bond donors (Lipinski definition) is 2. The van der Waals surface area contributed by atoms with Gasteiger partial charge in [-0.05, 0) is 44.8 Å². The molecule has 0 unspecified atom stereocenters. The Morgan fingerprint density at radius 3 is 2.63 bits per heavy atom. The van der Waals surface area contributed by atoms with E-state index in [1.807, 2.05) is 19.2 Å². The normalized spacial score (nSPS) is 11.6. The third-order valence-electron chi connectivity index (χ3n) is 3.24. The second-order valence-electron chi connectivity index (χ2n) is 5.36. The molecule has 0 aliphatic heterocycles. The summed E-state index contributed by atoms with van der Waals surface area (Å²) in [6, 6.07) is 6.18. The standard InChI is InChI=1S/C15H25BrN2O/c1-15(2,11-18-9-5-8-17-3)13-10-12(16)6-7-14(13)19-4/h6-7,10,17-18H,5,8-9,11H2,1-4H3. The highest BCUT2D eigenvalue weighted by Crippen LogP contribution is 2.33. The molecule has 0 aromatic heterocycles. The quantitative estimate of drug-likeness (QED) is 0.720. The Hall–Kier alpha value is -0.580. The smallest absolute Gasteiger partial charge is 0.122 e. The van der Waals surface area contributed by atoms with Gasteiger partial charge in [0.1, 0.15) is 5.75 Å². The first-order chi connectivity index (χ1) is 9.01. The summed E-state index contributed by atoms with van der Waals surface area (Å²) in [5.74, 6) is 0.949. The number of methoxy groups -OCH3 is 1. The summed E-state index contributed by atoms with van der Waals surface area (Å²) < 4.78 is 6.56. The number of halogens is 1. The zero-order chi connectivity index (χ0) is 14.3. The van der Waals surface area contributed by atoms with Crippen molar-refractivity contribution in [3.63, 3.8) is 0 Å². The number of benzene rings is 1. The van der Waals surface area contributed by atoms with E-state index in [1.54, 1.807) is 7.11 Å². The molecule has 0 heterocycles. The molecule has 0 spiro atoms. The lowest BCUT2D eigenvalue weighted by Gasteiger charge is -2.28. The minimum atomic E-state index is 0.0365. The first kappa shape index (κ1) is 16.5. The Labute approximate surface area is 125 Å². The second-order valence-corrected chi connectivity index (χ2v) is 6.28. The molecular formula is C15H25BrN2O. The highest BCUT2D eigenvalue weighted by Gasteiger charge is 2.24. The van der Waals surface area contributed by atoms with Crippen LogP contribution in [0.3, 0.4) is 0 Å². The van der Waals surface area contributed by atoms with E-state index in [1.165, 1.54) is 5.56 Å². The monoisotopic (exact) mass is 328 g/mol. The van der Waals surface area contributed by atoms with Gasteiger partial charge in [-0.1, -0.05) is 29.8 Å². The molecule has 0 bridgehead atoms. The zero-order valence-corrected chi connectivity index (χ0v) is 13.9. The molecule has 0 saturated heterocycles. The minimum Gasteiger partial charge on any atom is -0.496 e. The van der Waals surface area contributed by atoms with Crippen molar-refractivity contribution in [2.45, 2.75) is 25.7 Å². The van der Waals surface area contributed by atoms with Crippen molar-refractivity contribution < 1.29 is 4.74 Å². The lowest BCUT2D eigenvalue weighted by atomic mass is 9.84. The van der Waals surface area contributed by atoms with Crippen molar-refractivity contribution in [1.29, 1.82) is 0 Å². The molecule has 0 amide bonds. The molecule has 1 aromatic carbocycles. The summed E-state index contributed by atoms with van der Waals surface area (Å²) in [5.41, 5.74) is 1.26. The summed E-state index contributed by atoms with van der Waals surface area (Å²) in [5, 5.41) is 6.68. The summed E-state index contributed by atoms with van der Waals surface area (Å²) in [4.78, 5) is 0. The fourth-order valence-electron chi connectivity index (χ4n) is 2.10. The van der Waals surface area contributed by atoms with E-state index < -0.39 is 0 Å². The average molecular weight is 329 g/mol. The molecule has 0 aliphatic carbocycles. The van der Waals surface area contributed by atoms with Crippen LogP contribution in [0.5, 0.6) is 5.75 Å². The van der Waals surface area contributed by atoms with E-state index in [-0.39, 0.29) is 5.41 Å². The molecule has 19 heavy (non-hydrogen) atoms. The lowest BCUT2D eigenvalue weighted by molar-refractivity contribution is 0.385. The first-order valence-electron chi connectivity index (χ1n) is 6.70. The van der Waals surface area contributed by atoms with Crippen LogP contribution in [0.1, 0.15) is 25.8 Å². The summed E-state index contributed by atoms with van der Waals surface area (Å²) in [6.45, 7) is 7.49. The minimum absolute atomic E-state index is 0.0365. The number of rotatable bonds is 8. The van der Waals surface area contributed by atoms with Crippen molar-refractivity contribution in [3.05, 3.63) is 28.2 Å². The molecule has 1 aromatic rings. The second kappa shape index (κ2) is 7.88. The maximum atomic E-state index is 5.47. The molecule has 0 fully saturated rings. The van der Waals surface area contributed by atoms with Crippen LogP contribution in [0.2, 0.25) is 0 Å². The number of hydrogen-bond acceptors (Lipinski definition) is 3. The maximum absolute atomic E-state index is 5.47. The Bertz CT molecular complexity index is 394. The number of nitrogens with one attached hydrogen (secondary N) is 2. The first-order valence-corrected chi connectivity index (χ1v) is 7.50. The van der Waals surface area contributed by atoms with Crippen molar-refractivity contribution in [1.82, 2.24) is 10.6 Å². The van der Waals surface area contributed by atoms with Gasteiger partial charge in [0, 0.05) is 22.0 Å². The van der Waals surface area contributed by atoms with Gasteiger partial charge in [0.2, 0.25) is 0 Å². The van der Waals surface area contributed by atoms with Crippen LogP contribution in [0.15, 0.2) is 22.7 Å². The van der Waals surface area contributed by atoms with E-state index >= 15 is 0 Å².